The fourth-order valence-electron chi connectivity index (χ4n) is 4.43. The van der Waals surface area contributed by atoms with E-state index in [4.69, 9.17) is 41.7 Å². The summed E-state index contributed by atoms with van der Waals surface area (Å²) in [6, 6.07) is 19.5. The lowest BCUT2D eigenvalue weighted by molar-refractivity contribution is -0.154. The number of rotatable bonds is 13. The van der Waals surface area contributed by atoms with E-state index in [0.29, 0.717) is 29.0 Å². The van der Waals surface area contributed by atoms with E-state index in [1.807, 2.05) is 50.2 Å². The largest absolute Gasteiger partial charge is 0.480 e. The molecule has 0 atom stereocenters. The zero-order valence-corrected chi connectivity index (χ0v) is 23.9. The lowest BCUT2D eigenvalue weighted by Crippen LogP contribution is -2.35. The van der Waals surface area contributed by atoms with Crippen LogP contribution >= 0.6 is 30.8 Å². The molecule has 4 rings (SSSR count). The van der Waals surface area contributed by atoms with Crippen LogP contribution in [0.5, 0.6) is 5.75 Å². The van der Waals surface area contributed by atoms with Gasteiger partial charge in [0.25, 0.3) is 5.34 Å². The Kier molecular flexibility index (Phi) is 9.56. The summed E-state index contributed by atoms with van der Waals surface area (Å²) in [4.78, 5) is 13.4. The topological polar surface area (TPSA) is 71.1 Å². The number of carbonyl (C=O) groups excluding carboxylic acids is 1. The number of hydrogen-bond acceptors (Lipinski definition) is 6. The van der Waals surface area contributed by atoms with E-state index in [2.05, 4.69) is 0 Å². The second-order valence-electron chi connectivity index (χ2n) is 8.94. The molecular weight excluding hydrogens is 546 g/mol. The normalized spacial score (nSPS) is 13.6. The van der Waals surface area contributed by atoms with Crippen LogP contribution in [0.15, 0.2) is 66.7 Å². The van der Waals surface area contributed by atoms with Gasteiger partial charge in [0, 0.05) is 16.1 Å². The highest BCUT2D eigenvalue weighted by Gasteiger charge is 2.62. The third-order valence-electron chi connectivity index (χ3n) is 6.28. The summed E-state index contributed by atoms with van der Waals surface area (Å²) in [5.74, 6) is -0.475. The molecule has 0 aromatic heterocycles. The van der Waals surface area contributed by atoms with Gasteiger partial charge in [-0.2, -0.15) is 0 Å². The fourth-order valence-corrected chi connectivity index (χ4v) is 7.27. The van der Waals surface area contributed by atoms with Crippen LogP contribution in [-0.4, -0.2) is 25.8 Å². The van der Waals surface area contributed by atoms with Crippen molar-refractivity contribution in [2.75, 3.05) is 19.8 Å². The molecule has 202 valence electrons. The SMILES string of the molecule is CCCCOP(=O)(OCCCC)C1(OC(=O)COc2ccc(Cl)cc2Cl)c2ccccc2-c2ccccc21. The van der Waals surface area contributed by atoms with Gasteiger partial charge in [0.1, 0.15) is 5.75 Å². The molecule has 0 unspecified atom stereocenters. The van der Waals surface area contributed by atoms with Crippen LogP contribution in [0.3, 0.4) is 0 Å². The van der Waals surface area contributed by atoms with Gasteiger partial charge in [0.2, 0.25) is 0 Å². The predicted octanol–water partition coefficient (Wildman–Crippen LogP) is 8.62. The Labute approximate surface area is 233 Å². The molecule has 3 aromatic rings. The minimum absolute atomic E-state index is 0.195. The quantitative estimate of drug-likeness (QED) is 0.115. The van der Waals surface area contributed by atoms with Gasteiger partial charge in [0.05, 0.1) is 18.2 Å². The molecule has 0 bridgehead atoms. The van der Waals surface area contributed by atoms with Crippen molar-refractivity contribution in [1.82, 2.24) is 0 Å². The molecule has 0 saturated carbocycles. The molecular formula is C29H31Cl2O6P. The molecule has 3 aromatic carbocycles. The van der Waals surface area contributed by atoms with E-state index >= 15 is 0 Å². The van der Waals surface area contributed by atoms with Crippen molar-refractivity contribution in [2.24, 2.45) is 0 Å². The number of hydrogen-bond donors (Lipinski definition) is 0. The maximum atomic E-state index is 14.9. The average molecular weight is 577 g/mol. The van der Waals surface area contributed by atoms with Crippen molar-refractivity contribution in [2.45, 2.75) is 44.9 Å². The van der Waals surface area contributed by atoms with Crippen molar-refractivity contribution in [3.05, 3.63) is 87.9 Å². The molecule has 38 heavy (non-hydrogen) atoms. The number of esters is 1. The van der Waals surface area contributed by atoms with Gasteiger partial charge in [-0.15, -0.1) is 0 Å². The molecule has 0 heterocycles. The maximum absolute atomic E-state index is 14.9. The van der Waals surface area contributed by atoms with E-state index in [1.54, 1.807) is 24.3 Å². The first-order chi connectivity index (χ1) is 18.4. The highest BCUT2D eigenvalue weighted by atomic mass is 35.5. The summed E-state index contributed by atoms with van der Waals surface area (Å²) in [7, 11) is -4.13. The van der Waals surface area contributed by atoms with E-state index in [1.165, 1.54) is 6.07 Å². The van der Waals surface area contributed by atoms with Crippen molar-refractivity contribution >= 4 is 36.8 Å². The summed E-state index contributed by atoms with van der Waals surface area (Å²) in [6.45, 7) is 3.95. The number of benzene rings is 3. The molecule has 9 heteroatoms. The number of carbonyl (C=O) groups is 1. The van der Waals surface area contributed by atoms with E-state index in [9.17, 15) is 9.36 Å². The van der Waals surface area contributed by atoms with Crippen LogP contribution in [0, 0.1) is 0 Å². The monoisotopic (exact) mass is 576 g/mol. The van der Waals surface area contributed by atoms with Gasteiger partial charge >= 0.3 is 13.6 Å². The van der Waals surface area contributed by atoms with Crippen LogP contribution in [0.25, 0.3) is 11.1 Å². The Bertz CT molecular complexity index is 1270. The first-order valence-corrected chi connectivity index (χ1v) is 15.0. The molecule has 0 radical (unpaired) electrons. The van der Waals surface area contributed by atoms with Gasteiger partial charge in [-0.1, -0.05) is 98.4 Å². The minimum atomic E-state index is -4.13. The summed E-state index contributed by atoms with van der Waals surface area (Å²) >= 11 is 12.2. The van der Waals surface area contributed by atoms with Crippen molar-refractivity contribution in [3.8, 4) is 16.9 Å². The molecule has 0 saturated heterocycles. The number of fused-ring (bicyclic) bond motifs is 3. The lowest BCUT2D eigenvalue weighted by atomic mass is 10.1. The number of halogens is 2. The van der Waals surface area contributed by atoms with Gasteiger partial charge in [-0.3, -0.25) is 4.57 Å². The van der Waals surface area contributed by atoms with Crippen LogP contribution < -0.4 is 4.74 Å². The molecule has 1 aliphatic rings. The van der Waals surface area contributed by atoms with E-state index in [0.717, 1.165) is 24.0 Å². The fraction of sp³-hybridized carbons (Fsp3) is 0.345. The summed E-state index contributed by atoms with van der Waals surface area (Å²) < 4.78 is 39.0. The molecule has 0 fully saturated rings. The van der Waals surface area contributed by atoms with Gasteiger partial charge in [-0.25, -0.2) is 4.79 Å². The predicted molar refractivity (Wildman–Crippen MR) is 150 cm³/mol. The van der Waals surface area contributed by atoms with Crippen LogP contribution in [0.4, 0.5) is 0 Å². The summed E-state index contributed by atoms with van der Waals surface area (Å²) in [5.41, 5.74) is 2.71. The second kappa shape index (κ2) is 12.7. The van der Waals surface area contributed by atoms with Crippen molar-refractivity contribution < 1.29 is 27.9 Å². The Morgan fingerprint density at radius 3 is 1.92 bits per heavy atom. The van der Waals surface area contributed by atoms with Crippen LogP contribution in [0.2, 0.25) is 10.0 Å². The van der Waals surface area contributed by atoms with Gasteiger partial charge in [0.15, 0.2) is 6.61 Å². The smallest absolute Gasteiger partial charge is 0.383 e. The molecule has 0 spiro atoms. The van der Waals surface area contributed by atoms with E-state index in [-0.39, 0.29) is 24.0 Å². The maximum Gasteiger partial charge on any atom is 0.383 e. The Balaban J connectivity index is 1.78. The van der Waals surface area contributed by atoms with Gasteiger partial charge < -0.3 is 18.5 Å². The summed E-state index contributed by atoms with van der Waals surface area (Å²) in [5, 5.41) is -1.10. The van der Waals surface area contributed by atoms with E-state index < -0.39 is 25.5 Å². The third-order valence-corrected chi connectivity index (χ3v) is 9.20. The average Bonchev–Trinajstić information content (AvgIpc) is 3.20. The molecule has 0 aliphatic heterocycles. The zero-order valence-electron chi connectivity index (χ0n) is 21.5. The lowest BCUT2D eigenvalue weighted by Gasteiger charge is -2.37. The minimum Gasteiger partial charge on any atom is -0.480 e. The highest BCUT2D eigenvalue weighted by molar-refractivity contribution is 7.55. The Morgan fingerprint density at radius 2 is 1.39 bits per heavy atom. The molecule has 1 aliphatic carbocycles. The number of unbranched alkanes of at least 4 members (excludes halogenated alkanes) is 2. The molecule has 0 N–H and O–H groups in total. The Morgan fingerprint density at radius 1 is 0.842 bits per heavy atom. The van der Waals surface area contributed by atoms with Crippen LogP contribution in [-0.2, 0) is 28.5 Å². The van der Waals surface area contributed by atoms with Crippen molar-refractivity contribution in [1.29, 1.82) is 0 Å². The Hall–Kier alpha value is -2.34. The van der Waals surface area contributed by atoms with Crippen LogP contribution in [0.1, 0.15) is 50.7 Å². The second-order valence-corrected chi connectivity index (χ2v) is 11.9. The van der Waals surface area contributed by atoms with Crippen molar-refractivity contribution in [3.63, 3.8) is 0 Å². The highest BCUT2D eigenvalue weighted by Crippen LogP contribution is 2.73. The third kappa shape index (κ3) is 5.66. The summed E-state index contributed by atoms with van der Waals surface area (Å²) in [6.07, 6.45) is 3.02. The molecule has 6 nitrogen and oxygen atoms in total. The number of ether oxygens (including phenoxy) is 2. The van der Waals surface area contributed by atoms with Gasteiger partial charge in [-0.05, 0) is 42.2 Å². The zero-order chi connectivity index (χ0) is 27.2. The first kappa shape index (κ1) is 28.7. The molecule has 0 amide bonds. The standard InChI is InChI=1S/C29H31Cl2O6P/c1-3-5-17-35-38(33,36-18-6-4-2)29(37-28(32)20-34-27-16-15-21(30)19-26(27)31)24-13-9-7-11-22(24)23-12-8-10-14-25(23)29/h7-16,19H,3-6,17-18,20H2,1-2H3. The first-order valence-electron chi connectivity index (χ1n) is 12.7.